The summed E-state index contributed by atoms with van der Waals surface area (Å²) in [6.07, 6.45) is 5.03. The molecule has 1 aliphatic heterocycles. The zero-order valence-electron chi connectivity index (χ0n) is 14.9. The highest BCUT2D eigenvalue weighted by Crippen LogP contribution is 2.20. The average molecular weight is 366 g/mol. The molecule has 140 valence electrons. The number of rotatable bonds is 5. The van der Waals surface area contributed by atoms with Gasteiger partial charge in [0.05, 0.1) is 5.56 Å². The minimum atomic E-state index is -0.506. The van der Waals surface area contributed by atoms with Gasteiger partial charge in [-0.05, 0) is 25.0 Å². The lowest BCUT2D eigenvalue weighted by Crippen LogP contribution is -2.59. The highest BCUT2D eigenvalue weighted by atomic mass is 16.2. The van der Waals surface area contributed by atoms with E-state index >= 15 is 0 Å². The van der Waals surface area contributed by atoms with Gasteiger partial charge in [-0.1, -0.05) is 18.2 Å². The van der Waals surface area contributed by atoms with E-state index in [2.05, 4.69) is 25.9 Å². The monoisotopic (exact) mass is 366 g/mol. The van der Waals surface area contributed by atoms with Crippen molar-refractivity contribution in [2.24, 2.45) is 0 Å². The van der Waals surface area contributed by atoms with Gasteiger partial charge in [0.15, 0.2) is 0 Å². The number of piperazine rings is 1. The lowest BCUT2D eigenvalue weighted by molar-refractivity contribution is -0.126. The fourth-order valence-electron chi connectivity index (χ4n) is 3.03. The Morgan fingerprint density at radius 2 is 1.85 bits per heavy atom. The van der Waals surface area contributed by atoms with E-state index in [1.54, 1.807) is 4.90 Å². The Hall–Kier alpha value is -3.00. The van der Waals surface area contributed by atoms with Crippen molar-refractivity contribution in [3.63, 3.8) is 0 Å². The predicted octanol–water partition coefficient (Wildman–Crippen LogP) is 0.913. The van der Waals surface area contributed by atoms with Crippen LogP contribution in [-0.2, 0) is 4.79 Å². The van der Waals surface area contributed by atoms with Gasteiger partial charge in [-0.15, -0.1) is 0 Å². The molecule has 0 spiro atoms. The zero-order chi connectivity index (χ0) is 18.6. The topological polar surface area (TPSA) is 99.3 Å². The first kappa shape index (κ1) is 17.4. The molecule has 1 saturated heterocycles. The predicted molar refractivity (Wildman–Crippen MR) is 101 cm³/mol. The van der Waals surface area contributed by atoms with Crippen LogP contribution >= 0.6 is 0 Å². The van der Waals surface area contributed by atoms with Crippen LogP contribution in [0.15, 0.2) is 42.7 Å². The molecule has 2 fully saturated rings. The van der Waals surface area contributed by atoms with E-state index in [4.69, 9.17) is 0 Å². The summed E-state index contributed by atoms with van der Waals surface area (Å²) in [5.74, 6) is 0.0983. The highest BCUT2D eigenvalue weighted by molar-refractivity contribution is 5.97. The average Bonchev–Trinajstić information content (AvgIpc) is 3.53. The number of benzene rings is 1. The number of carbonyl (C=O) groups is 2. The summed E-state index contributed by atoms with van der Waals surface area (Å²) in [5, 5.41) is 9.25. The van der Waals surface area contributed by atoms with Crippen LogP contribution in [0.25, 0.3) is 0 Å². The van der Waals surface area contributed by atoms with Gasteiger partial charge in [0, 0.05) is 43.8 Å². The maximum absolute atomic E-state index is 12.9. The van der Waals surface area contributed by atoms with E-state index in [1.165, 1.54) is 12.4 Å². The molecule has 4 rings (SSSR count). The van der Waals surface area contributed by atoms with Gasteiger partial charge in [-0.3, -0.25) is 9.59 Å². The molecule has 1 aliphatic carbocycles. The number of aromatic nitrogens is 2. The quantitative estimate of drug-likeness (QED) is 0.728. The molecule has 8 heteroatoms. The number of para-hydroxylation sites is 1. The summed E-state index contributed by atoms with van der Waals surface area (Å²) in [6, 6.07) is 9.33. The SMILES string of the molecule is O=C(NC1CC1)[C@@H]1CNCCN1C(=O)c1cnc(Nc2ccccc2)nc1. The molecule has 0 radical (unpaired) electrons. The number of hydrogen-bond acceptors (Lipinski definition) is 6. The summed E-state index contributed by atoms with van der Waals surface area (Å²) in [7, 11) is 0. The van der Waals surface area contributed by atoms with E-state index in [-0.39, 0.29) is 17.9 Å². The Kier molecular flexibility index (Phi) is 4.97. The molecule has 2 aromatic rings. The van der Waals surface area contributed by atoms with Gasteiger partial charge < -0.3 is 20.9 Å². The van der Waals surface area contributed by atoms with Crippen LogP contribution in [0, 0.1) is 0 Å². The van der Waals surface area contributed by atoms with Crippen molar-refractivity contribution in [3.8, 4) is 0 Å². The number of nitrogens with zero attached hydrogens (tertiary/aromatic N) is 3. The van der Waals surface area contributed by atoms with Gasteiger partial charge in [0.1, 0.15) is 6.04 Å². The van der Waals surface area contributed by atoms with Crippen molar-refractivity contribution >= 4 is 23.5 Å². The normalized spacial score (nSPS) is 19.4. The van der Waals surface area contributed by atoms with E-state index in [0.29, 0.717) is 31.1 Å². The number of nitrogens with one attached hydrogen (secondary N) is 3. The second-order valence-corrected chi connectivity index (χ2v) is 6.79. The molecule has 2 heterocycles. The molecular formula is C19H22N6O2. The Morgan fingerprint density at radius 1 is 1.11 bits per heavy atom. The number of anilines is 2. The van der Waals surface area contributed by atoms with Gasteiger partial charge in [-0.25, -0.2) is 9.97 Å². The largest absolute Gasteiger partial charge is 0.352 e. The molecule has 0 unspecified atom stereocenters. The number of hydrogen-bond donors (Lipinski definition) is 3. The van der Waals surface area contributed by atoms with Crippen molar-refractivity contribution in [3.05, 3.63) is 48.3 Å². The van der Waals surface area contributed by atoms with Gasteiger partial charge in [0.2, 0.25) is 11.9 Å². The van der Waals surface area contributed by atoms with Crippen LogP contribution in [-0.4, -0.2) is 58.4 Å². The molecule has 1 aromatic carbocycles. The summed E-state index contributed by atoms with van der Waals surface area (Å²) in [4.78, 5) is 35.4. The smallest absolute Gasteiger partial charge is 0.257 e. The molecule has 3 N–H and O–H groups in total. The molecule has 1 saturated carbocycles. The second-order valence-electron chi connectivity index (χ2n) is 6.79. The van der Waals surface area contributed by atoms with E-state index in [0.717, 1.165) is 18.5 Å². The van der Waals surface area contributed by atoms with Crippen molar-refractivity contribution in [1.29, 1.82) is 0 Å². The third-order valence-electron chi connectivity index (χ3n) is 4.66. The van der Waals surface area contributed by atoms with Crippen LogP contribution in [0.4, 0.5) is 11.6 Å². The maximum Gasteiger partial charge on any atom is 0.257 e. The summed E-state index contributed by atoms with van der Waals surface area (Å²) in [5.41, 5.74) is 1.25. The van der Waals surface area contributed by atoms with Crippen LogP contribution in [0.1, 0.15) is 23.2 Å². The second kappa shape index (κ2) is 7.71. The molecule has 1 atom stereocenters. The number of carbonyl (C=O) groups excluding carboxylic acids is 2. The molecule has 0 bridgehead atoms. The van der Waals surface area contributed by atoms with Crippen LogP contribution in [0.5, 0.6) is 0 Å². The lowest BCUT2D eigenvalue weighted by atomic mass is 10.1. The van der Waals surface area contributed by atoms with Crippen LogP contribution in [0.3, 0.4) is 0 Å². The first-order valence-corrected chi connectivity index (χ1v) is 9.17. The van der Waals surface area contributed by atoms with Crippen LogP contribution in [0.2, 0.25) is 0 Å². The van der Waals surface area contributed by atoms with E-state index < -0.39 is 6.04 Å². The van der Waals surface area contributed by atoms with E-state index in [9.17, 15) is 9.59 Å². The molecule has 2 aliphatic rings. The highest BCUT2D eigenvalue weighted by Gasteiger charge is 2.35. The van der Waals surface area contributed by atoms with Gasteiger partial charge >= 0.3 is 0 Å². The first-order valence-electron chi connectivity index (χ1n) is 9.17. The number of amides is 2. The van der Waals surface area contributed by atoms with E-state index in [1.807, 2.05) is 30.3 Å². The minimum absolute atomic E-state index is 0.0960. The fraction of sp³-hybridized carbons (Fsp3) is 0.368. The standard InChI is InChI=1S/C19H22N6O2/c26-17(23-15-6-7-15)16-12-20-8-9-25(16)18(27)13-10-21-19(22-11-13)24-14-4-2-1-3-5-14/h1-5,10-11,15-16,20H,6-9,12H2,(H,23,26)(H,21,22,24)/t16-/m0/s1. The van der Waals surface area contributed by atoms with Crippen molar-refractivity contribution in [2.45, 2.75) is 24.9 Å². The van der Waals surface area contributed by atoms with Crippen molar-refractivity contribution in [1.82, 2.24) is 25.5 Å². The molecular weight excluding hydrogens is 344 g/mol. The van der Waals surface area contributed by atoms with Gasteiger partial charge in [-0.2, -0.15) is 0 Å². The Labute approximate surface area is 157 Å². The Morgan fingerprint density at radius 3 is 2.56 bits per heavy atom. The molecule has 27 heavy (non-hydrogen) atoms. The van der Waals surface area contributed by atoms with Gasteiger partial charge in [0.25, 0.3) is 5.91 Å². The third kappa shape index (κ3) is 4.22. The summed E-state index contributed by atoms with van der Waals surface area (Å²) < 4.78 is 0. The fourth-order valence-corrected chi connectivity index (χ4v) is 3.03. The molecule has 8 nitrogen and oxygen atoms in total. The molecule has 2 amide bonds. The first-order chi connectivity index (χ1) is 13.2. The summed E-state index contributed by atoms with van der Waals surface area (Å²) in [6.45, 7) is 1.60. The zero-order valence-corrected chi connectivity index (χ0v) is 14.9. The van der Waals surface area contributed by atoms with Crippen molar-refractivity contribution in [2.75, 3.05) is 25.0 Å². The molecule has 1 aromatic heterocycles. The maximum atomic E-state index is 12.9. The van der Waals surface area contributed by atoms with Crippen LogP contribution < -0.4 is 16.0 Å². The third-order valence-corrected chi connectivity index (χ3v) is 4.66. The Balaban J connectivity index is 1.44. The van der Waals surface area contributed by atoms with Crippen molar-refractivity contribution < 1.29 is 9.59 Å². The lowest BCUT2D eigenvalue weighted by Gasteiger charge is -2.35. The summed E-state index contributed by atoms with van der Waals surface area (Å²) >= 11 is 0. The minimum Gasteiger partial charge on any atom is -0.352 e. The Bertz CT molecular complexity index is 807.